The molecule has 0 amide bonds. The first-order valence-corrected chi connectivity index (χ1v) is 12.6. The third-order valence-corrected chi connectivity index (χ3v) is 10.3. The van der Waals surface area contributed by atoms with Crippen molar-refractivity contribution in [3.05, 3.63) is 11.6 Å². The molecule has 0 aromatic carbocycles. The number of fused-ring (bicyclic) bond motifs is 5. The molecule has 2 N–H and O–H groups in total. The smallest absolute Gasteiger partial charge is 0.0591 e. The number of aliphatic hydroxyl groups is 2. The number of allylic oxidation sites excluding steroid dienone is 1. The molecule has 2 unspecified atom stereocenters. The van der Waals surface area contributed by atoms with Crippen molar-refractivity contribution in [2.24, 2.45) is 40.4 Å². The maximum Gasteiger partial charge on any atom is 0.0591 e. The summed E-state index contributed by atoms with van der Waals surface area (Å²) >= 11 is 0. The fraction of sp³-hybridized carbons (Fsp3) is 0.926. The SMILES string of the molecule is CC(CCCC(C)(C)O)[C@H]1CC[C@H]2C3CC=C4C[C@@H](O)CC[C@]4(C)[C@H]3CC[C@]12C. The minimum absolute atomic E-state index is 0.0969. The Morgan fingerprint density at radius 3 is 2.59 bits per heavy atom. The van der Waals surface area contributed by atoms with Gasteiger partial charge in [-0.15, -0.1) is 0 Å². The molecule has 29 heavy (non-hydrogen) atoms. The predicted molar refractivity (Wildman–Crippen MR) is 121 cm³/mol. The average Bonchev–Trinajstić information content (AvgIpc) is 2.98. The molecule has 3 fully saturated rings. The minimum atomic E-state index is -0.519. The van der Waals surface area contributed by atoms with Gasteiger partial charge in [0.1, 0.15) is 0 Å². The van der Waals surface area contributed by atoms with Crippen molar-refractivity contribution in [3.8, 4) is 0 Å². The molecular formula is C27H46O2. The summed E-state index contributed by atoms with van der Waals surface area (Å²) in [6.07, 6.45) is 15.9. The Morgan fingerprint density at radius 1 is 1.10 bits per heavy atom. The zero-order valence-corrected chi connectivity index (χ0v) is 19.7. The summed E-state index contributed by atoms with van der Waals surface area (Å²) in [5.74, 6) is 4.24. The minimum Gasteiger partial charge on any atom is -0.393 e. The molecule has 4 rings (SSSR count). The van der Waals surface area contributed by atoms with Crippen LogP contribution in [0, 0.1) is 40.4 Å². The van der Waals surface area contributed by atoms with E-state index in [1.807, 2.05) is 13.8 Å². The van der Waals surface area contributed by atoms with Crippen LogP contribution in [-0.2, 0) is 0 Å². The van der Waals surface area contributed by atoms with E-state index in [0.717, 1.165) is 55.3 Å². The molecule has 0 heterocycles. The van der Waals surface area contributed by atoms with Crippen LogP contribution < -0.4 is 0 Å². The van der Waals surface area contributed by atoms with Crippen molar-refractivity contribution in [1.82, 2.24) is 0 Å². The molecule has 0 radical (unpaired) electrons. The van der Waals surface area contributed by atoms with Gasteiger partial charge in [0.2, 0.25) is 0 Å². The zero-order chi connectivity index (χ0) is 21.0. The van der Waals surface area contributed by atoms with Crippen LogP contribution in [0.3, 0.4) is 0 Å². The number of rotatable bonds is 5. The molecule has 0 spiro atoms. The molecular weight excluding hydrogens is 356 g/mol. The van der Waals surface area contributed by atoms with Crippen LogP contribution in [0.5, 0.6) is 0 Å². The number of aliphatic hydroxyl groups excluding tert-OH is 1. The topological polar surface area (TPSA) is 40.5 Å². The molecule has 0 aromatic heterocycles. The second-order valence-electron chi connectivity index (χ2n) is 12.6. The van der Waals surface area contributed by atoms with Gasteiger partial charge >= 0.3 is 0 Å². The van der Waals surface area contributed by atoms with E-state index in [9.17, 15) is 10.2 Å². The number of hydrogen-bond donors (Lipinski definition) is 2. The van der Waals surface area contributed by atoms with E-state index < -0.39 is 5.60 Å². The van der Waals surface area contributed by atoms with E-state index in [1.54, 1.807) is 5.57 Å². The normalized spacial score (nSPS) is 45.8. The van der Waals surface area contributed by atoms with Crippen molar-refractivity contribution in [2.45, 2.75) is 117 Å². The second kappa shape index (κ2) is 7.66. The summed E-state index contributed by atoms with van der Waals surface area (Å²) in [5, 5.41) is 20.3. The van der Waals surface area contributed by atoms with Gasteiger partial charge in [0.25, 0.3) is 0 Å². The number of hydrogen-bond acceptors (Lipinski definition) is 2. The fourth-order valence-electron chi connectivity index (χ4n) is 8.67. The summed E-state index contributed by atoms with van der Waals surface area (Å²) in [6, 6.07) is 0. The maximum absolute atomic E-state index is 10.2. The Bertz CT molecular complexity index is 631. The monoisotopic (exact) mass is 402 g/mol. The van der Waals surface area contributed by atoms with Crippen LogP contribution in [0.1, 0.15) is 105 Å². The lowest BCUT2D eigenvalue weighted by Crippen LogP contribution is -2.50. The van der Waals surface area contributed by atoms with Crippen molar-refractivity contribution < 1.29 is 10.2 Å². The van der Waals surface area contributed by atoms with Crippen LogP contribution in [0.25, 0.3) is 0 Å². The molecule has 2 heteroatoms. The van der Waals surface area contributed by atoms with Crippen LogP contribution in [-0.4, -0.2) is 21.9 Å². The highest BCUT2D eigenvalue weighted by Crippen LogP contribution is 2.67. The molecule has 3 saturated carbocycles. The fourth-order valence-corrected chi connectivity index (χ4v) is 8.67. The van der Waals surface area contributed by atoms with Crippen LogP contribution >= 0.6 is 0 Å². The molecule has 166 valence electrons. The molecule has 4 aliphatic rings. The predicted octanol–water partition coefficient (Wildman–Crippen LogP) is 6.50. The first kappa shape index (κ1) is 21.9. The van der Waals surface area contributed by atoms with Crippen LogP contribution in [0.4, 0.5) is 0 Å². The third-order valence-electron chi connectivity index (χ3n) is 10.3. The summed E-state index contributed by atoms with van der Waals surface area (Å²) in [5.41, 5.74) is 1.95. The molecule has 0 aromatic rings. The van der Waals surface area contributed by atoms with Crippen molar-refractivity contribution in [2.75, 3.05) is 0 Å². The van der Waals surface area contributed by atoms with Crippen molar-refractivity contribution >= 4 is 0 Å². The maximum atomic E-state index is 10.2. The van der Waals surface area contributed by atoms with Crippen molar-refractivity contribution in [3.63, 3.8) is 0 Å². The van der Waals surface area contributed by atoms with Crippen molar-refractivity contribution in [1.29, 1.82) is 0 Å². The lowest BCUT2D eigenvalue weighted by molar-refractivity contribution is -0.0575. The highest BCUT2D eigenvalue weighted by Gasteiger charge is 2.59. The van der Waals surface area contributed by atoms with Gasteiger partial charge in [-0.2, -0.15) is 0 Å². The van der Waals surface area contributed by atoms with E-state index in [-0.39, 0.29) is 6.10 Å². The quantitative estimate of drug-likeness (QED) is 0.515. The lowest BCUT2D eigenvalue weighted by Gasteiger charge is -2.58. The van der Waals surface area contributed by atoms with Gasteiger partial charge in [-0.1, -0.05) is 45.3 Å². The van der Waals surface area contributed by atoms with Gasteiger partial charge in [-0.05, 0) is 112 Å². The molecule has 0 aliphatic heterocycles. The molecule has 0 saturated heterocycles. The highest BCUT2D eigenvalue weighted by atomic mass is 16.3. The standard InChI is InChI=1S/C27H46O2/c1-18(7-6-14-25(2,3)29)22-10-11-23-21-9-8-19-17-20(28)12-15-26(19,4)24(21)13-16-27(22,23)5/h8,18,20-24,28-29H,6-7,9-17H2,1-5H3/t18?,20-,21?,22+,23-,24-,26-,27+/m0/s1. The van der Waals surface area contributed by atoms with Gasteiger partial charge < -0.3 is 10.2 Å². The van der Waals surface area contributed by atoms with Gasteiger partial charge in [0.05, 0.1) is 11.7 Å². The van der Waals surface area contributed by atoms with Gasteiger partial charge in [0.15, 0.2) is 0 Å². The molecule has 2 nitrogen and oxygen atoms in total. The summed E-state index contributed by atoms with van der Waals surface area (Å²) in [4.78, 5) is 0. The zero-order valence-electron chi connectivity index (χ0n) is 19.7. The van der Waals surface area contributed by atoms with Gasteiger partial charge in [0, 0.05) is 0 Å². The highest BCUT2D eigenvalue weighted by molar-refractivity contribution is 5.25. The average molecular weight is 403 g/mol. The second-order valence-corrected chi connectivity index (χ2v) is 12.6. The van der Waals surface area contributed by atoms with Crippen LogP contribution in [0.2, 0.25) is 0 Å². The van der Waals surface area contributed by atoms with E-state index in [2.05, 4.69) is 26.8 Å². The van der Waals surface area contributed by atoms with E-state index in [0.29, 0.717) is 10.8 Å². The summed E-state index contributed by atoms with van der Waals surface area (Å²) in [7, 11) is 0. The summed E-state index contributed by atoms with van der Waals surface area (Å²) in [6.45, 7) is 11.6. The first-order valence-electron chi connectivity index (χ1n) is 12.6. The van der Waals surface area contributed by atoms with Gasteiger partial charge in [-0.3, -0.25) is 0 Å². The molecule has 4 aliphatic carbocycles. The third kappa shape index (κ3) is 3.86. The Balaban J connectivity index is 1.47. The van der Waals surface area contributed by atoms with Gasteiger partial charge in [-0.25, -0.2) is 0 Å². The Kier molecular flexibility index (Phi) is 5.78. The largest absolute Gasteiger partial charge is 0.393 e. The Labute approximate surface area is 179 Å². The summed E-state index contributed by atoms with van der Waals surface area (Å²) < 4.78 is 0. The Hall–Kier alpha value is -0.340. The van der Waals surface area contributed by atoms with E-state index >= 15 is 0 Å². The first-order chi connectivity index (χ1) is 13.5. The Morgan fingerprint density at radius 2 is 1.86 bits per heavy atom. The van der Waals surface area contributed by atoms with E-state index in [4.69, 9.17) is 0 Å². The molecule has 0 bridgehead atoms. The lowest BCUT2D eigenvalue weighted by atomic mass is 9.47. The molecule has 8 atom stereocenters. The van der Waals surface area contributed by atoms with Crippen LogP contribution in [0.15, 0.2) is 11.6 Å². The van der Waals surface area contributed by atoms with E-state index in [1.165, 1.54) is 44.9 Å².